The van der Waals surface area contributed by atoms with E-state index in [4.69, 9.17) is 9.97 Å². The van der Waals surface area contributed by atoms with E-state index in [1.807, 2.05) is 25.5 Å². The quantitative estimate of drug-likeness (QED) is 0.504. The van der Waals surface area contributed by atoms with E-state index in [0.29, 0.717) is 12.3 Å². The zero-order valence-corrected chi connectivity index (χ0v) is 16.9. The van der Waals surface area contributed by atoms with Crippen LogP contribution in [0.4, 0.5) is 0 Å². The fourth-order valence-electron chi connectivity index (χ4n) is 3.33. The van der Waals surface area contributed by atoms with Gasteiger partial charge in [0.05, 0.1) is 23.3 Å². The monoisotopic (exact) mass is 384 g/mol. The molecule has 0 bridgehead atoms. The van der Waals surface area contributed by atoms with Gasteiger partial charge in [0.15, 0.2) is 0 Å². The number of aryl methyl sites for hydroxylation is 2. The van der Waals surface area contributed by atoms with Crippen molar-refractivity contribution in [2.45, 2.75) is 32.6 Å². The molecule has 3 heterocycles. The molecule has 0 saturated heterocycles. The summed E-state index contributed by atoms with van der Waals surface area (Å²) in [5.41, 5.74) is 6.26. The van der Waals surface area contributed by atoms with Crippen molar-refractivity contribution in [3.63, 3.8) is 0 Å². The van der Waals surface area contributed by atoms with Crippen molar-refractivity contribution in [3.05, 3.63) is 89.7 Å². The first-order valence-electron chi connectivity index (χ1n) is 9.74. The van der Waals surface area contributed by atoms with Crippen LogP contribution >= 0.6 is 0 Å². The molecule has 146 valence electrons. The Kier molecular flexibility index (Phi) is 5.42. The second-order valence-electron chi connectivity index (χ2n) is 7.45. The van der Waals surface area contributed by atoms with Gasteiger partial charge in [-0.3, -0.25) is 14.6 Å². The molecule has 0 fully saturated rings. The van der Waals surface area contributed by atoms with Crippen LogP contribution in [0.2, 0.25) is 0 Å². The van der Waals surface area contributed by atoms with E-state index in [2.05, 4.69) is 53.2 Å². The molecule has 0 aliphatic carbocycles. The third kappa shape index (κ3) is 4.71. The first-order valence-corrected chi connectivity index (χ1v) is 9.74. The van der Waals surface area contributed by atoms with Gasteiger partial charge in [-0.15, -0.1) is 0 Å². The van der Waals surface area contributed by atoms with Crippen LogP contribution < -0.4 is 0 Å². The van der Waals surface area contributed by atoms with Gasteiger partial charge >= 0.3 is 0 Å². The molecule has 0 aliphatic heterocycles. The zero-order chi connectivity index (χ0) is 20.2. The number of rotatable bonds is 6. The lowest BCUT2D eigenvalue weighted by atomic mass is 9.96. The highest BCUT2D eigenvalue weighted by Gasteiger charge is 2.13. The number of hydrogen-bond donors (Lipinski definition) is 0. The Morgan fingerprint density at radius 3 is 2.52 bits per heavy atom. The molecule has 0 spiro atoms. The minimum atomic E-state index is 0.323. The minimum Gasteiger partial charge on any atom is -0.275 e. The maximum atomic E-state index is 4.84. The van der Waals surface area contributed by atoms with Gasteiger partial charge in [0, 0.05) is 50.2 Å². The van der Waals surface area contributed by atoms with E-state index in [9.17, 15) is 0 Å². The van der Waals surface area contributed by atoms with Gasteiger partial charge < -0.3 is 0 Å². The molecule has 1 aromatic carbocycles. The SMILES string of the molecule is Cc1ccc([C@H](C)Cc2nc(Cc3cnccn3)cc(-c3cnn(C)c3)n2)cc1. The van der Waals surface area contributed by atoms with Crippen LogP contribution in [0.15, 0.2) is 61.3 Å². The molecule has 6 nitrogen and oxygen atoms in total. The molecule has 29 heavy (non-hydrogen) atoms. The van der Waals surface area contributed by atoms with Crippen molar-refractivity contribution >= 4 is 0 Å². The van der Waals surface area contributed by atoms with Gasteiger partial charge in [0.25, 0.3) is 0 Å². The topological polar surface area (TPSA) is 69.4 Å². The van der Waals surface area contributed by atoms with Crippen molar-refractivity contribution in [1.82, 2.24) is 29.7 Å². The maximum absolute atomic E-state index is 4.84. The third-order valence-electron chi connectivity index (χ3n) is 4.94. The normalized spacial score (nSPS) is 12.1. The Morgan fingerprint density at radius 1 is 1.00 bits per heavy atom. The van der Waals surface area contributed by atoms with Crippen molar-refractivity contribution < 1.29 is 0 Å². The summed E-state index contributed by atoms with van der Waals surface area (Å²) < 4.78 is 1.79. The predicted molar refractivity (Wildman–Crippen MR) is 112 cm³/mol. The molecule has 1 atom stereocenters. The molecule has 0 unspecified atom stereocenters. The van der Waals surface area contributed by atoms with Crippen LogP contribution in [0.3, 0.4) is 0 Å². The highest BCUT2D eigenvalue weighted by atomic mass is 15.2. The van der Waals surface area contributed by atoms with Crippen molar-refractivity contribution in [3.8, 4) is 11.3 Å². The number of hydrogen-bond acceptors (Lipinski definition) is 5. The van der Waals surface area contributed by atoms with E-state index < -0.39 is 0 Å². The molecule has 0 radical (unpaired) electrons. The first kappa shape index (κ1) is 18.9. The van der Waals surface area contributed by atoms with Gasteiger partial charge in [0.2, 0.25) is 0 Å². The maximum Gasteiger partial charge on any atom is 0.129 e. The second-order valence-corrected chi connectivity index (χ2v) is 7.45. The largest absolute Gasteiger partial charge is 0.275 e. The summed E-state index contributed by atoms with van der Waals surface area (Å²) in [6.45, 7) is 4.32. The van der Waals surface area contributed by atoms with E-state index in [0.717, 1.165) is 34.9 Å². The Labute approximate surface area is 170 Å². The Morgan fingerprint density at radius 2 is 1.83 bits per heavy atom. The standard InChI is InChI=1S/C23H24N6/c1-16-4-6-18(7-5-16)17(2)10-23-27-20(11-21-14-24-8-9-25-21)12-22(28-23)19-13-26-29(3)15-19/h4-9,12-15,17H,10-11H2,1-3H3/t17-/m1/s1. The van der Waals surface area contributed by atoms with Crippen molar-refractivity contribution in [1.29, 1.82) is 0 Å². The van der Waals surface area contributed by atoms with E-state index in [-0.39, 0.29) is 0 Å². The van der Waals surface area contributed by atoms with Crippen LogP contribution in [0.5, 0.6) is 0 Å². The molecule has 0 aliphatic rings. The Hall–Kier alpha value is -3.41. The number of nitrogens with zero attached hydrogens (tertiary/aromatic N) is 6. The highest BCUT2D eigenvalue weighted by molar-refractivity contribution is 5.57. The van der Waals surface area contributed by atoms with Crippen LogP contribution in [0.25, 0.3) is 11.3 Å². The lowest BCUT2D eigenvalue weighted by Crippen LogP contribution is -2.07. The summed E-state index contributed by atoms with van der Waals surface area (Å²) in [7, 11) is 1.91. The molecule has 0 amide bonds. The van der Waals surface area contributed by atoms with Gasteiger partial charge in [0.1, 0.15) is 5.82 Å². The van der Waals surface area contributed by atoms with Crippen LogP contribution in [-0.2, 0) is 19.9 Å². The van der Waals surface area contributed by atoms with Crippen LogP contribution in [-0.4, -0.2) is 29.7 Å². The molecule has 6 heteroatoms. The smallest absolute Gasteiger partial charge is 0.129 e. The highest BCUT2D eigenvalue weighted by Crippen LogP contribution is 2.23. The summed E-state index contributed by atoms with van der Waals surface area (Å²) in [4.78, 5) is 18.2. The van der Waals surface area contributed by atoms with E-state index >= 15 is 0 Å². The van der Waals surface area contributed by atoms with Gasteiger partial charge in [-0.05, 0) is 24.5 Å². The summed E-state index contributed by atoms with van der Waals surface area (Å²) >= 11 is 0. The number of aromatic nitrogens is 6. The van der Waals surface area contributed by atoms with Crippen LogP contribution in [0.1, 0.15) is 41.2 Å². The van der Waals surface area contributed by atoms with E-state index in [1.165, 1.54) is 11.1 Å². The second kappa shape index (κ2) is 8.31. The molecular weight excluding hydrogens is 360 g/mol. The lowest BCUT2D eigenvalue weighted by molar-refractivity contribution is 0.712. The van der Waals surface area contributed by atoms with Gasteiger partial charge in [-0.2, -0.15) is 5.10 Å². The first-order chi connectivity index (χ1) is 14.1. The zero-order valence-electron chi connectivity index (χ0n) is 16.9. The average molecular weight is 384 g/mol. The van der Waals surface area contributed by atoms with E-state index in [1.54, 1.807) is 23.3 Å². The molecule has 0 saturated carbocycles. The molecule has 3 aromatic heterocycles. The third-order valence-corrected chi connectivity index (χ3v) is 4.94. The fourth-order valence-corrected chi connectivity index (χ4v) is 3.33. The molecule has 4 rings (SSSR count). The molecule has 0 N–H and O–H groups in total. The summed E-state index contributed by atoms with van der Waals surface area (Å²) in [6, 6.07) is 10.7. The Balaban J connectivity index is 1.66. The fraction of sp³-hybridized carbons (Fsp3) is 0.261. The Bertz CT molecular complexity index is 1090. The average Bonchev–Trinajstić information content (AvgIpc) is 3.15. The summed E-state index contributed by atoms with van der Waals surface area (Å²) in [6.07, 6.45) is 10.4. The molecule has 4 aromatic rings. The van der Waals surface area contributed by atoms with Gasteiger partial charge in [-0.25, -0.2) is 9.97 Å². The number of benzene rings is 1. The van der Waals surface area contributed by atoms with Crippen molar-refractivity contribution in [2.24, 2.45) is 7.05 Å². The van der Waals surface area contributed by atoms with Crippen molar-refractivity contribution in [2.75, 3.05) is 0 Å². The summed E-state index contributed by atoms with van der Waals surface area (Å²) in [5, 5.41) is 4.29. The lowest BCUT2D eigenvalue weighted by Gasteiger charge is -2.13. The molecular formula is C23H24N6. The summed E-state index contributed by atoms with van der Waals surface area (Å²) in [5.74, 6) is 1.16. The van der Waals surface area contributed by atoms with Gasteiger partial charge in [-0.1, -0.05) is 36.8 Å². The predicted octanol–water partition coefficient (Wildman–Crippen LogP) is 3.91. The van der Waals surface area contributed by atoms with Crippen LogP contribution in [0, 0.1) is 6.92 Å². The minimum absolute atomic E-state index is 0.323.